The molecule has 0 amide bonds. The largest absolute Gasteiger partial charge is 0.303 e. The van der Waals surface area contributed by atoms with Gasteiger partial charge in [0.25, 0.3) is 0 Å². The van der Waals surface area contributed by atoms with Crippen molar-refractivity contribution in [2.45, 2.75) is 37.8 Å². The number of Topliss-reactive ketones (excluding diaryl/α,β-unsaturated/α-hetero) is 1. The number of fused-ring (bicyclic) bond motifs is 2. The summed E-state index contributed by atoms with van der Waals surface area (Å²) in [6.07, 6.45) is 2.57. The Bertz CT molecular complexity index is 691. The Morgan fingerprint density at radius 3 is 2.48 bits per heavy atom. The molecule has 2 unspecified atom stereocenters. The molecular formula is C19H19NO. The van der Waals surface area contributed by atoms with Crippen LogP contribution in [-0.4, -0.2) is 11.8 Å². The summed E-state index contributed by atoms with van der Waals surface area (Å²) in [6, 6.07) is 16.9. The summed E-state index contributed by atoms with van der Waals surface area (Å²) in [5.41, 5.74) is 5.44. The normalized spacial score (nSPS) is 22.9. The average molecular weight is 277 g/mol. The molecule has 0 radical (unpaired) electrons. The number of carbonyl (C=O) groups excluding carboxylic acids is 1. The minimum atomic E-state index is -0.00679. The van der Waals surface area contributed by atoms with Gasteiger partial charge in [-0.05, 0) is 41.0 Å². The molecule has 1 heterocycles. The fraction of sp³-hybridized carbons (Fsp3) is 0.316. The highest BCUT2D eigenvalue weighted by Crippen LogP contribution is 2.37. The molecule has 2 aromatic rings. The monoisotopic (exact) mass is 277 g/mol. The van der Waals surface area contributed by atoms with Crippen molar-refractivity contribution < 1.29 is 4.79 Å². The molecule has 0 saturated carbocycles. The second kappa shape index (κ2) is 5.12. The minimum Gasteiger partial charge on any atom is -0.303 e. The smallest absolute Gasteiger partial charge is 0.150 e. The fourth-order valence-electron chi connectivity index (χ4n) is 3.61. The molecule has 2 aliphatic rings. The summed E-state index contributed by atoms with van der Waals surface area (Å²) >= 11 is 0. The summed E-state index contributed by atoms with van der Waals surface area (Å²) in [5.74, 6) is 0.802. The van der Waals surface area contributed by atoms with Crippen molar-refractivity contribution in [1.82, 2.24) is 5.32 Å². The van der Waals surface area contributed by atoms with E-state index in [0.717, 1.165) is 19.4 Å². The number of nitrogens with one attached hydrogen (secondary N) is 1. The molecule has 2 nitrogen and oxygen atoms in total. The third kappa shape index (κ3) is 2.30. The van der Waals surface area contributed by atoms with E-state index in [4.69, 9.17) is 0 Å². The van der Waals surface area contributed by atoms with E-state index in [0.29, 0.717) is 18.1 Å². The van der Waals surface area contributed by atoms with Gasteiger partial charge in [-0.3, -0.25) is 4.79 Å². The van der Waals surface area contributed by atoms with Crippen LogP contribution in [0.25, 0.3) is 0 Å². The number of hydrogen-bond donors (Lipinski definition) is 1. The molecule has 2 aromatic carbocycles. The highest BCUT2D eigenvalue weighted by atomic mass is 16.1. The average Bonchev–Trinajstić information content (AvgIpc) is 2.52. The lowest BCUT2D eigenvalue weighted by molar-refractivity contribution is -0.121. The topological polar surface area (TPSA) is 29.1 Å². The van der Waals surface area contributed by atoms with Crippen molar-refractivity contribution in [2.24, 2.45) is 0 Å². The summed E-state index contributed by atoms with van der Waals surface area (Å²) < 4.78 is 0. The summed E-state index contributed by atoms with van der Waals surface area (Å²) in [6.45, 7) is 0.813. The van der Waals surface area contributed by atoms with Crippen LogP contribution in [0.3, 0.4) is 0 Å². The fourth-order valence-corrected chi connectivity index (χ4v) is 3.61. The molecule has 0 spiro atoms. The van der Waals surface area contributed by atoms with Gasteiger partial charge in [0.05, 0.1) is 6.04 Å². The third-order valence-corrected chi connectivity index (χ3v) is 4.88. The van der Waals surface area contributed by atoms with Gasteiger partial charge in [-0.1, -0.05) is 48.5 Å². The van der Waals surface area contributed by atoms with Gasteiger partial charge < -0.3 is 5.32 Å². The van der Waals surface area contributed by atoms with E-state index in [-0.39, 0.29) is 6.04 Å². The minimum absolute atomic E-state index is 0.00679. The van der Waals surface area contributed by atoms with Crippen molar-refractivity contribution in [1.29, 1.82) is 0 Å². The molecular weight excluding hydrogens is 258 g/mol. The quantitative estimate of drug-likeness (QED) is 0.934. The van der Waals surface area contributed by atoms with Crippen LogP contribution >= 0.6 is 0 Å². The Kier molecular flexibility index (Phi) is 3.12. The van der Waals surface area contributed by atoms with E-state index in [1.54, 1.807) is 0 Å². The van der Waals surface area contributed by atoms with Crippen LogP contribution in [-0.2, 0) is 24.2 Å². The van der Waals surface area contributed by atoms with E-state index in [1.807, 2.05) is 0 Å². The van der Waals surface area contributed by atoms with E-state index >= 15 is 0 Å². The lowest BCUT2D eigenvalue weighted by Crippen LogP contribution is -2.42. The molecule has 0 bridgehead atoms. The summed E-state index contributed by atoms with van der Waals surface area (Å²) in [5, 5.41) is 3.40. The van der Waals surface area contributed by atoms with Gasteiger partial charge in [-0.2, -0.15) is 0 Å². The first kappa shape index (κ1) is 12.8. The van der Waals surface area contributed by atoms with Gasteiger partial charge >= 0.3 is 0 Å². The highest BCUT2D eigenvalue weighted by Gasteiger charge is 2.31. The Hall–Kier alpha value is -1.93. The zero-order chi connectivity index (χ0) is 14.2. The molecule has 4 rings (SSSR count). The van der Waals surface area contributed by atoms with Crippen molar-refractivity contribution in [3.05, 3.63) is 70.8 Å². The first-order valence-corrected chi connectivity index (χ1v) is 7.72. The first-order chi connectivity index (χ1) is 10.3. The maximum atomic E-state index is 12.6. The Morgan fingerprint density at radius 2 is 1.67 bits per heavy atom. The van der Waals surface area contributed by atoms with Crippen LogP contribution in [0, 0.1) is 0 Å². The number of ketones is 1. The number of hydrogen-bond acceptors (Lipinski definition) is 2. The van der Waals surface area contributed by atoms with Crippen LogP contribution in [0.1, 0.15) is 34.6 Å². The first-order valence-electron chi connectivity index (χ1n) is 7.72. The second-order valence-electron chi connectivity index (χ2n) is 6.18. The van der Waals surface area contributed by atoms with Gasteiger partial charge in [0.15, 0.2) is 5.78 Å². The van der Waals surface area contributed by atoms with E-state index in [1.165, 1.54) is 22.3 Å². The maximum absolute atomic E-state index is 12.6. The highest BCUT2D eigenvalue weighted by molar-refractivity contribution is 5.85. The van der Waals surface area contributed by atoms with Gasteiger partial charge in [0, 0.05) is 13.0 Å². The SMILES string of the molecule is O=C(CC1Cc2ccccc21)C1Cc2ccccc2CN1. The second-order valence-corrected chi connectivity index (χ2v) is 6.18. The Morgan fingerprint density at radius 1 is 0.952 bits per heavy atom. The van der Waals surface area contributed by atoms with E-state index in [9.17, 15) is 4.79 Å². The number of carbonyl (C=O) groups is 1. The van der Waals surface area contributed by atoms with Crippen molar-refractivity contribution in [3.8, 4) is 0 Å². The third-order valence-electron chi connectivity index (χ3n) is 4.88. The summed E-state index contributed by atoms with van der Waals surface area (Å²) in [4.78, 5) is 12.6. The van der Waals surface area contributed by atoms with Crippen molar-refractivity contribution in [2.75, 3.05) is 0 Å². The molecule has 0 saturated heterocycles. The molecule has 2 heteroatoms. The standard InChI is InChI=1S/C19H19NO/c21-19(11-16-9-14-6-3-4-8-17(14)16)18-10-13-5-1-2-7-15(13)12-20-18/h1-8,16,18,20H,9-12H2. The molecule has 106 valence electrons. The van der Waals surface area contributed by atoms with Crippen LogP contribution < -0.4 is 5.32 Å². The predicted molar refractivity (Wildman–Crippen MR) is 83.3 cm³/mol. The molecule has 0 fully saturated rings. The van der Waals surface area contributed by atoms with Crippen LogP contribution in [0.4, 0.5) is 0 Å². The van der Waals surface area contributed by atoms with Gasteiger partial charge in [0.2, 0.25) is 0 Å². The number of benzene rings is 2. The molecule has 1 aliphatic heterocycles. The van der Waals surface area contributed by atoms with E-state index in [2.05, 4.69) is 53.8 Å². The molecule has 2 atom stereocenters. The number of rotatable bonds is 3. The Balaban J connectivity index is 1.43. The lowest BCUT2D eigenvalue weighted by Gasteiger charge is -2.32. The molecule has 0 aromatic heterocycles. The lowest BCUT2D eigenvalue weighted by atomic mass is 9.74. The van der Waals surface area contributed by atoms with Crippen molar-refractivity contribution in [3.63, 3.8) is 0 Å². The Labute approximate surface area is 125 Å². The van der Waals surface area contributed by atoms with Crippen molar-refractivity contribution >= 4 is 5.78 Å². The molecule has 1 aliphatic carbocycles. The maximum Gasteiger partial charge on any atom is 0.150 e. The predicted octanol–water partition coefficient (Wildman–Crippen LogP) is 3.00. The summed E-state index contributed by atoms with van der Waals surface area (Å²) in [7, 11) is 0. The zero-order valence-electron chi connectivity index (χ0n) is 12.0. The molecule has 21 heavy (non-hydrogen) atoms. The van der Waals surface area contributed by atoms with Gasteiger partial charge in [-0.25, -0.2) is 0 Å². The molecule has 1 N–H and O–H groups in total. The van der Waals surface area contributed by atoms with Crippen LogP contribution in [0.5, 0.6) is 0 Å². The zero-order valence-corrected chi connectivity index (χ0v) is 12.0. The van der Waals surface area contributed by atoms with Crippen LogP contribution in [0.2, 0.25) is 0 Å². The van der Waals surface area contributed by atoms with E-state index < -0.39 is 0 Å². The van der Waals surface area contributed by atoms with Crippen LogP contribution in [0.15, 0.2) is 48.5 Å². The van der Waals surface area contributed by atoms with Gasteiger partial charge in [-0.15, -0.1) is 0 Å². The van der Waals surface area contributed by atoms with Gasteiger partial charge in [0.1, 0.15) is 0 Å².